The highest BCUT2D eigenvalue weighted by atomic mass is 16.4. The maximum absolute atomic E-state index is 8.59. The van der Waals surface area contributed by atoms with E-state index in [4.69, 9.17) is 10.9 Å². The average Bonchev–Trinajstić information content (AvgIpc) is 2.82. The van der Waals surface area contributed by atoms with Crippen LogP contribution in [0.4, 0.5) is 0 Å². The van der Waals surface area contributed by atoms with E-state index in [0.29, 0.717) is 12.3 Å². The number of hydrogen-bond donors (Lipinski definition) is 2. The molecule has 7 nitrogen and oxygen atoms in total. The summed E-state index contributed by atoms with van der Waals surface area (Å²) in [6.07, 6.45) is 2.12. The Hall–Kier alpha value is -1.63. The molecule has 0 spiro atoms. The molecule has 1 aromatic rings. The van der Waals surface area contributed by atoms with E-state index >= 15 is 0 Å². The van der Waals surface area contributed by atoms with Crippen molar-refractivity contribution in [3.63, 3.8) is 0 Å². The van der Waals surface area contributed by atoms with Crippen LogP contribution in [0.2, 0.25) is 0 Å². The molecule has 0 radical (unpaired) electrons. The number of aromatic nitrogens is 3. The minimum Gasteiger partial charge on any atom is -0.409 e. The second-order valence-electron chi connectivity index (χ2n) is 4.96. The number of aryl methyl sites for hydroxylation is 1. The van der Waals surface area contributed by atoms with Crippen LogP contribution >= 0.6 is 0 Å². The van der Waals surface area contributed by atoms with Crippen molar-refractivity contribution in [1.29, 1.82) is 0 Å². The van der Waals surface area contributed by atoms with Crippen molar-refractivity contribution in [3.8, 4) is 0 Å². The summed E-state index contributed by atoms with van der Waals surface area (Å²) < 4.78 is 1.89. The quantitative estimate of drug-likeness (QED) is 0.316. The molecule has 0 aromatic carbocycles. The molecule has 19 heavy (non-hydrogen) atoms. The molecule has 0 aliphatic heterocycles. The molecule has 0 aliphatic rings. The zero-order chi connectivity index (χ0) is 14.3. The highest BCUT2D eigenvalue weighted by molar-refractivity contribution is 5.79. The maximum atomic E-state index is 8.59. The molecule has 0 saturated carbocycles. The van der Waals surface area contributed by atoms with Crippen molar-refractivity contribution in [2.75, 3.05) is 13.1 Å². The first-order valence-corrected chi connectivity index (χ1v) is 6.62. The minimum atomic E-state index is 0.255. The molecule has 0 amide bonds. The Bertz CT molecular complexity index is 401. The summed E-state index contributed by atoms with van der Waals surface area (Å²) in [5, 5.41) is 15.8. The van der Waals surface area contributed by atoms with Gasteiger partial charge < -0.3 is 10.9 Å². The lowest BCUT2D eigenvalue weighted by atomic mass is 10.2. The molecule has 0 fully saturated rings. The molecule has 0 saturated heterocycles. The summed E-state index contributed by atoms with van der Waals surface area (Å²) in [6.45, 7) is 9.60. The summed E-state index contributed by atoms with van der Waals surface area (Å²) >= 11 is 0. The van der Waals surface area contributed by atoms with Gasteiger partial charge in [0.15, 0.2) is 0 Å². The number of nitrogens with two attached hydrogens (primary N) is 1. The third-order valence-electron chi connectivity index (χ3n) is 2.80. The lowest BCUT2D eigenvalue weighted by Gasteiger charge is -2.23. The summed E-state index contributed by atoms with van der Waals surface area (Å²) in [7, 11) is 0. The van der Waals surface area contributed by atoms with E-state index in [2.05, 4.69) is 34.0 Å². The molecule has 7 heteroatoms. The molecule has 1 heterocycles. The lowest BCUT2D eigenvalue weighted by molar-refractivity contribution is 0.231. The molecule has 1 rings (SSSR count). The second kappa shape index (κ2) is 7.73. The van der Waals surface area contributed by atoms with Crippen molar-refractivity contribution >= 4 is 5.84 Å². The fraction of sp³-hybridized carbons (Fsp3) is 0.750. The molecule has 3 N–H and O–H groups in total. The van der Waals surface area contributed by atoms with E-state index in [1.54, 1.807) is 6.33 Å². The van der Waals surface area contributed by atoms with E-state index in [1.165, 1.54) is 0 Å². The van der Waals surface area contributed by atoms with Crippen LogP contribution in [0.5, 0.6) is 0 Å². The third kappa shape index (κ3) is 5.25. The van der Waals surface area contributed by atoms with Crippen molar-refractivity contribution < 1.29 is 5.21 Å². The first-order chi connectivity index (χ1) is 9.06. The predicted octanol–water partition coefficient (Wildman–Crippen LogP) is 0.893. The monoisotopic (exact) mass is 268 g/mol. The highest BCUT2D eigenvalue weighted by Gasteiger charge is 2.12. The van der Waals surface area contributed by atoms with Gasteiger partial charge in [-0.25, -0.2) is 9.67 Å². The van der Waals surface area contributed by atoms with Gasteiger partial charge in [0.25, 0.3) is 0 Å². The maximum Gasteiger partial charge on any atom is 0.140 e. The van der Waals surface area contributed by atoms with Gasteiger partial charge in [0, 0.05) is 26.1 Å². The first-order valence-electron chi connectivity index (χ1n) is 6.62. The van der Waals surface area contributed by atoms with Crippen LogP contribution in [0.15, 0.2) is 11.5 Å². The van der Waals surface area contributed by atoms with Gasteiger partial charge in [0.05, 0.1) is 6.54 Å². The van der Waals surface area contributed by atoms with Crippen molar-refractivity contribution in [2.24, 2.45) is 16.8 Å². The first kappa shape index (κ1) is 15.4. The second-order valence-corrected chi connectivity index (χ2v) is 4.96. The van der Waals surface area contributed by atoms with Crippen LogP contribution in [0.1, 0.15) is 33.0 Å². The van der Waals surface area contributed by atoms with E-state index in [9.17, 15) is 0 Å². The smallest absolute Gasteiger partial charge is 0.140 e. The zero-order valence-corrected chi connectivity index (χ0v) is 12.0. The number of hydrogen-bond acceptors (Lipinski definition) is 5. The molecule has 0 atom stereocenters. The summed E-state index contributed by atoms with van der Waals surface area (Å²) in [6, 6.07) is 0. The SMILES string of the molecule is CCn1ncnc1CN(CCC(N)=NO)CC(C)C. The van der Waals surface area contributed by atoms with Gasteiger partial charge in [-0.1, -0.05) is 19.0 Å². The van der Waals surface area contributed by atoms with Gasteiger partial charge >= 0.3 is 0 Å². The molecular formula is C12H24N6O. The van der Waals surface area contributed by atoms with E-state index in [1.807, 2.05) is 11.6 Å². The standard InChI is InChI=1S/C12H24N6O/c1-4-18-12(14-9-15-18)8-17(7-10(2)3)6-5-11(13)16-19/h9-10,19H,4-8H2,1-3H3,(H2,13,16). The number of amidine groups is 1. The molecule has 1 aromatic heterocycles. The highest BCUT2D eigenvalue weighted by Crippen LogP contribution is 2.06. The van der Waals surface area contributed by atoms with Gasteiger partial charge in [0.1, 0.15) is 18.0 Å². The zero-order valence-electron chi connectivity index (χ0n) is 12.0. The molecule has 108 valence electrons. The van der Waals surface area contributed by atoms with Gasteiger partial charge in [-0.2, -0.15) is 5.10 Å². The van der Waals surface area contributed by atoms with E-state index in [0.717, 1.165) is 32.0 Å². The third-order valence-corrected chi connectivity index (χ3v) is 2.80. The Morgan fingerprint density at radius 3 is 2.89 bits per heavy atom. The normalized spacial score (nSPS) is 12.6. The number of rotatable bonds is 8. The van der Waals surface area contributed by atoms with Crippen molar-refractivity contribution in [1.82, 2.24) is 19.7 Å². The van der Waals surface area contributed by atoms with Crippen LogP contribution in [0.25, 0.3) is 0 Å². The number of nitrogens with zero attached hydrogens (tertiary/aromatic N) is 5. The van der Waals surface area contributed by atoms with E-state index in [-0.39, 0.29) is 5.84 Å². The lowest BCUT2D eigenvalue weighted by Crippen LogP contribution is -2.32. The van der Waals surface area contributed by atoms with Crippen LogP contribution in [0, 0.1) is 5.92 Å². The topological polar surface area (TPSA) is 92.6 Å². The van der Waals surface area contributed by atoms with Gasteiger partial charge in [-0.05, 0) is 12.8 Å². The Kier molecular flexibility index (Phi) is 6.27. The Morgan fingerprint density at radius 1 is 1.58 bits per heavy atom. The van der Waals surface area contributed by atoms with E-state index < -0.39 is 0 Å². The Morgan fingerprint density at radius 2 is 2.32 bits per heavy atom. The Labute approximate surface area is 114 Å². The van der Waals surface area contributed by atoms with Crippen LogP contribution < -0.4 is 5.73 Å². The van der Waals surface area contributed by atoms with Gasteiger partial charge in [-0.15, -0.1) is 0 Å². The Balaban J connectivity index is 2.63. The largest absolute Gasteiger partial charge is 0.409 e. The van der Waals surface area contributed by atoms with Crippen LogP contribution in [0.3, 0.4) is 0 Å². The van der Waals surface area contributed by atoms with Crippen molar-refractivity contribution in [2.45, 2.75) is 40.3 Å². The van der Waals surface area contributed by atoms with Crippen LogP contribution in [-0.4, -0.2) is 43.8 Å². The predicted molar refractivity (Wildman–Crippen MR) is 73.8 cm³/mol. The molecule has 0 unspecified atom stereocenters. The van der Waals surface area contributed by atoms with Crippen molar-refractivity contribution in [3.05, 3.63) is 12.2 Å². The van der Waals surface area contributed by atoms with Gasteiger partial charge in [0.2, 0.25) is 0 Å². The molecular weight excluding hydrogens is 244 g/mol. The average molecular weight is 268 g/mol. The molecule has 0 aliphatic carbocycles. The minimum absolute atomic E-state index is 0.255. The fourth-order valence-corrected chi connectivity index (χ4v) is 1.95. The molecule has 0 bridgehead atoms. The number of oxime groups is 1. The van der Waals surface area contributed by atoms with Crippen LogP contribution in [-0.2, 0) is 13.1 Å². The summed E-state index contributed by atoms with van der Waals surface area (Å²) in [5.74, 6) is 1.75. The van der Waals surface area contributed by atoms with Gasteiger partial charge in [-0.3, -0.25) is 4.90 Å². The summed E-state index contributed by atoms with van der Waals surface area (Å²) in [4.78, 5) is 6.53. The summed E-state index contributed by atoms with van der Waals surface area (Å²) in [5.41, 5.74) is 5.52. The fourth-order valence-electron chi connectivity index (χ4n) is 1.95.